The van der Waals surface area contributed by atoms with Gasteiger partial charge in [0.25, 0.3) is 0 Å². The second-order valence-corrected chi connectivity index (χ2v) is 9.27. The van der Waals surface area contributed by atoms with Gasteiger partial charge in [0.2, 0.25) is 15.9 Å². The molecular formula is C22H23N3O3S. The first kappa shape index (κ1) is 19.5. The lowest BCUT2D eigenvalue weighted by Crippen LogP contribution is -2.41. The smallest absolute Gasteiger partial charge is 0.245 e. The summed E-state index contributed by atoms with van der Waals surface area (Å²) in [6, 6.07) is 16.5. The van der Waals surface area contributed by atoms with Crippen molar-refractivity contribution in [3.63, 3.8) is 0 Å². The molecule has 3 aromatic rings. The van der Waals surface area contributed by atoms with Crippen molar-refractivity contribution in [2.45, 2.75) is 24.7 Å². The number of anilines is 1. The van der Waals surface area contributed by atoms with Crippen molar-refractivity contribution in [1.29, 1.82) is 0 Å². The summed E-state index contributed by atoms with van der Waals surface area (Å²) in [5.74, 6) is -0.258. The normalized spacial score (nSPS) is 16.0. The van der Waals surface area contributed by atoms with E-state index in [-0.39, 0.29) is 16.7 Å². The van der Waals surface area contributed by atoms with E-state index in [0.29, 0.717) is 31.4 Å². The van der Waals surface area contributed by atoms with Gasteiger partial charge in [-0.3, -0.25) is 9.78 Å². The van der Waals surface area contributed by atoms with Gasteiger partial charge in [-0.15, -0.1) is 0 Å². The van der Waals surface area contributed by atoms with Crippen molar-refractivity contribution >= 4 is 32.5 Å². The maximum absolute atomic E-state index is 13.2. The zero-order chi connectivity index (χ0) is 20.4. The molecule has 1 N–H and O–H groups in total. The molecule has 0 saturated carbocycles. The van der Waals surface area contributed by atoms with Gasteiger partial charge in [0.1, 0.15) is 4.90 Å². The van der Waals surface area contributed by atoms with E-state index in [2.05, 4.69) is 10.3 Å². The minimum Gasteiger partial charge on any atom is -0.326 e. The van der Waals surface area contributed by atoms with Crippen molar-refractivity contribution in [2.75, 3.05) is 18.4 Å². The number of benzene rings is 2. The Labute approximate surface area is 170 Å². The van der Waals surface area contributed by atoms with Gasteiger partial charge in [0.05, 0.1) is 5.52 Å². The maximum atomic E-state index is 13.2. The van der Waals surface area contributed by atoms with E-state index >= 15 is 0 Å². The highest BCUT2D eigenvalue weighted by Crippen LogP contribution is 2.28. The summed E-state index contributed by atoms with van der Waals surface area (Å²) in [5.41, 5.74) is 2.37. The minimum atomic E-state index is -3.66. The molecule has 1 aliphatic heterocycles. The Morgan fingerprint density at radius 3 is 2.45 bits per heavy atom. The Hall–Kier alpha value is -2.77. The first-order chi connectivity index (χ1) is 13.9. The van der Waals surface area contributed by atoms with Crippen LogP contribution in [0.4, 0.5) is 5.69 Å². The van der Waals surface area contributed by atoms with E-state index in [4.69, 9.17) is 0 Å². The molecule has 0 aliphatic carbocycles. The lowest BCUT2D eigenvalue weighted by Gasteiger charge is -2.30. The number of pyridine rings is 1. The molecule has 6 nitrogen and oxygen atoms in total. The van der Waals surface area contributed by atoms with Gasteiger partial charge in [-0.1, -0.05) is 35.9 Å². The molecule has 2 heterocycles. The van der Waals surface area contributed by atoms with E-state index in [1.54, 1.807) is 24.4 Å². The Morgan fingerprint density at radius 2 is 1.72 bits per heavy atom. The molecule has 1 saturated heterocycles. The van der Waals surface area contributed by atoms with Gasteiger partial charge in [0, 0.05) is 36.3 Å². The number of piperidine rings is 1. The minimum absolute atomic E-state index is 0.0577. The van der Waals surface area contributed by atoms with Crippen molar-refractivity contribution in [2.24, 2.45) is 5.92 Å². The second-order valence-electron chi connectivity index (χ2n) is 7.36. The quantitative estimate of drug-likeness (QED) is 0.714. The highest BCUT2D eigenvalue weighted by molar-refractivity contribution is 7.89. The predicted molar refractivity (Wildman–Crippen MR) is 113 cm³/mol. The number of nitrogens with zero attached hydrogens (tertiary/aromatic N) is 2. The number of aryl methyl sites for hydroxylation is 1. The number of fused-ring (bicyclic) bond motifs is 1. The summed E-state index contributed by atoms with van der Waals surface area (Å²) in [6.07, 6.45) is 2.59. The van der Waals surface area contributed by atoms with Crippen molar-refractivity contribution in [3.8, 4) is 0 Å². The average molecular weight is 410 g/mol. The molecule has 1 aliphatic rings. The molecule has 7 heteroatoms. The molecule has 0 radical (unpaired) electrons. The van der Waals surface area contributed by atoms with Crippen LogP contribution in [0.15, 0.2) is 65.7 Å². The standard InChI is InChI=1S/C22H23N3O3S/c1-16-7-9-19(10-8-16)24-22(26)18-11-14-25(15-12-18)29(27,28)20-6-2-4-17-5-3-13-23-21(17)20/h2-10,13,18H,11-12,14-15H2,1H3,(H,24,26). The van der Waals surface area contributed by atoms with Crippen LogP contribution < -0.4 is 5.32 Å². The van der Waals surface area contributed by atoms with Crippen LogP contribution in [0.5, 0.6) is 0 Å². The summed E-state index contributed by atoms with van der Waals surface area (Å²) in [5, 5.41) is 3.72. The Balaban J connectivity index is 1.46. The van der Waals surface area contributed by atoms with Crippen molar-refractivity contribution < 1.29 is 13.2 Å². The number of hydrogen-bond donors (Lipinski definition) is 1. The number of carbonyl (C=O) groups excluding carboxylic acids is 1. The zero-order valence-electron chi connectivity index (χ0n) is 16.2. The molecule has 1 amide bonds. The molecule has 4 rings (SSSR count). The molecule has 0 spiro atoms. The van der Waals surface area contributed by atoms with Crippen LogP contribution in [0.25, 0.3) is 10.9 Å². The molecule has 0 bridgehead atoms. The van der Waals surface area contributed by atoms with Gasteiger partial charge in [-0.05, 0) is 44.0 Å². The van der Waals surface area contributed by atoms with Gasteiger partial charge in [-0.25, -0.2) is 8.42 Å². The molecule has 2 aromatic carbocycles. The van der Waals surface area contributed by atoms with Crippen LogP contribution in [0, 0.1) is 12.8 Å². The van der Waals surface area contributed by atoms with Crippen molar-refractivity contribution in [3.05, 3.63) is 66.4 Å². The first-order valence-electron chi connectivity index (χ1n) is 9.66. The number of rotatable bonds is 4. The first-order valence-corrected chi connectivity index (χ1v) is 11.1. The van der Waals surface area contributed by atoms with Gasteiger partial charge < -0.3 is 5.32 Å². The summed E-state index contributed by atoms with van der Waals surface area (Å²) >= 11 is 0. The fourth-order valence-corrected chi connectivity index (χ4v) is 5.30. The second kappa shape index (κ2) is 7.93. The average Bonchev–Trinajstić information content (AvgIpc) is 2.75. The number of para-hydroxylation sites is 1. The monoisotopic (exact) mass is 409 g/mol. The predicted octanol–water partition coefficient (Wildman–Crippen LogP) is 3.58. The largest absolute Gasteiger partial charge is 0.326 e. The summed E-state index contributed by atoms with van der Waals surface area (Å²) in [6.45, 7) is 2.63. The fourth-order valence-electron chi connectivity index (χ4n) is 3.66. The summed E-state index contributed by atoms with van der Waals surface area (Å²) in [7, 11) is -3.66. The fraction of sp³-hybridized carbons (Fsp3) is 0.273. The number of nitrogens with one attached hydrogen (secondary N) is 1. The topological polar surface area (TPSA) is 79.4 Å². The molecule has 150 valence electrons. The molecule has 29 heavy (non-hydrogen) atoms. The van der Waals surface area contributed by atoms with E-state index in [1.807, 2.05) is 43.3 Å². The SMILES string of the molecule is Cc1ccc(NC(=O)C2CCN(S(=O)(=O)c3cccc4cccnc34)CC2)cc1. The van der Waals surface area contributed by atoms with E-state index in [0.717, 1.165) is 16.6 Å². The van der Waals surface area contributed by atoms with E-state index < -0.39 is 10.0 Å². The number of aromatic nitrogens is 1. The molecule has 1 aromatic heterocycles. The number of hydrogen-bond acceptors (Lipinski definition) is 4. The molecule has 0 atom stereocenters. The maximum Gasteiger partial charge on any atom is 0.245 e. The summed E-state index contributed by atoms with van der Waals surface area (Å²) < 4.78 is 27.8. The van der Waals surface area contributed by atoms with E-state index in [9.17, 15) is 13.2 Å². The third kappa shape index (κ3) is 4.02. The molecule has 1 fully saturated rings. The van der Waals surface area contributed by atoms with Crippen LogP contribution in [-0.4, -0.2) is 36.7 Å². The van der Waals surface area contributed by atoms with Crippen LogP contribution in [0.2, 0.25) is 0 Å². The van der Waals surface area contributed by atoms with E-state index in [1.165, 1.54) is 4.31 Å². The number of amides is 1. The molecule has 0 unspecified atom stereocenters. The number of carbonyl (C=O) groups is 1. The highest BCUT2D eigenvalue weighted by atomic mass is 32.2. The lowest BCUT2D eigenvalue weighted by atomic mass is 9.97. The zero-order valence-corrected chi connectivity index (χ0v) is 17.0. The third-order valence-electron chi connectivity index (χ3n) is 5.36. The summed E-state index contributed by atoms with van der Waals surface area (Å²) in [4.78, 5) is 17.1. The van der Waals surface area contributed by atoms with Gasteiger partial charge in [-0.2, -0.15) is 4.31 Å². The Kier molecular flexibility index (Phi) is 5.34. The van der Waals surface area contributed by atoms with Gasteiger partial charge >= 0.3 is 0 Å². The van der Waals surface area contributed by atoms with Crippen LogP contribution in [-0.2, 0) is 14.8 Å². The Morgan fingerprint density at radius 1 is 1.03 bits per heavy atom. The lowest BCUT2D eigenvalue weighted by molar-refractivity contribution is -0.120. The number of sulfonamides is 1. The third-order valence-corrected chi connectivity index (χ3v) is 7.29. The highest BCUT2D eigenvalue weighted by Gasteiger charge is 2.33. The van der Waals surface area contributed by atoms with Crippen LogP contribution in [0.1, 0.15) is 18.4 Å². The molecular weight excluding hydrogens is 386 g/mol. The van der Waals surface area contributed by atoms with Crippen LogP contribution >= 0.6 is 0 Å². The van der Waals surface area contributed by atoms with Crippen molar-refractivity contribution in [1.82, 2.24) is 9.29 Å². The Bertz CT molecular complexity index is 1130. The van der Waals surface area contributed by atoms with Gasteiger partial charge in [0.15, 0.2) is 0 Å². The van der Waals surface area contributed by atoms with Crippen LogP contribution in [0.3, 0.4) is 0 Å².